The van der Waals surface area contributed by atoms with E-state index in [2.05, 4.69) is 16.6 Å². The van der Waals surface area contributed by atoms with E-state index in [-0.39, 0.29) is 24.5 Å². The zero-order valence-corrected chi connectivity index (χ0v) is 13.0. The van der Waals surface area contributed by atoms with E-state index in [1.54, 1.807) is 0 Å². The second kappa shape index (κ2) is 8.55. The van der Waals surface area contributed by atoms with Crippen molar-refractivity contribution in [3.05, 3.63) is 71.8 Å². The molecule has 0 radical (unpaired) electrons. The number of ether oxygens (including phenoxy) is 1. The third kappa shape index (κ3) is 5.44. The van der Waals surface area contributed by atoms with Gasteiger partial charge in [0.25, 0.3) is 0 Å². The third-order valence-corrected chi connectivity index (χ3v) is 3.37. The number of carbonyl (C=O) groups excluding carboxylic acids is 2. The minimum Gasteiger partial charge on any atom is -0.469 e. The molecule has 0 bridgehead atoms. The zero-order chi connectivity index (χ0) is 16.5. The topological polar surface area (TPSA) is 43.4 Å². The van der Waals surface area contributed by atoms with Crippen molar-refractivity contribution in [1.82, 2.24) is 0 Å². The fourth-order valence-electron chi connectivity index (χ4n) is 2.16. The monoisotopic (exact) mass is 306 g/mol. The fraction of sp³-hybridized carbons (Fsp3) is 0.200. The highest BCUT2D eigenvalue weighted by atomic mass is 16.5. The van der Waals surface area contributed by atoms with E-state index >= 15 is 0 Å². The summed E-state index contributed by atoms with van der Waals surface area (Å²) >= 11 is 0. The lowest BCUT2D eigenvalue weighted by molar-refractivity contribution is -0.143. The number of hydrogen-bond acceptors (Lipinski definition) is 3. The first kappa shape index (κ1) is 16.5. The summed E-state index contributed by atoms with van der Waals surface area (Å²) in [6, 6.07) is 19.2. The molecular formula is C20H18O3. The van der Waals surface area contributed by atoms with Crippen LogP contribution < -0.4 is 0 Å². The van der Waals surface area contributed by atoms with E-state index in [0.717, 1.165) is 11.1 Å². The Hall–Kier alpha value is -2.86. The summed E-state index contributed by atoms with van der Waals surface area (Å²) in [5.41, 5.74) is 1.86. The van der Waals surface area contributed by atoms with Crippen molar-refractivity contribution in [3.8, 4) is 11.8 Å². The number of methoxy groups -OCH3 is 1. The second-order valence-corrected chi connectivity index (χ2v) is 5.09. The highest BCUT2D eigenvalue weighted by Crippen LogP contribution is 2.20. The minimum atomic E-state index is -0.516. The van der Waals surface area contributed by atoms with E-state index < -0.39 is 5.97 Å². The summed E-state index contributed by atoms with van der Waals surface area (Å²) in [6.07, 6.45) is -0.0220. The van der Waals surface area contributed by atoms with Crippen LogP contribution in [0.2, 0.25) is 0 Å². The molecule has 2 aromatic rings. The van der Waals surface area contributed by atoms with Crippen LogP contribution in [0.4, 0.5) is 0 Å². The number of rotatable bonds is 5. The molecule has 0 unspecified atom stereocenters. The molecule has 0 fully saturated rings. The Labute approximate surface area is 136 Å². The second-order valence-electron chi connectivity index (χ2n) is 5.09. The summed E-state index contributed by atoms with van der Waals surface area (Å²) < 4.78 is 4.54. The van der Waals surface area contributed by atoms with Crippen LogP contribution in [0.1, 0.15) is 29.9 Å². The highest BCUT2D eigenvalue weighted by molar-refractivity contribution is 5.96. The number of carbonyl (C=O) groups is 2. The first-order valence-corrected chi connectivity index (χ1v) is 7.39. The fourth-order valence-corrected chi connectivity index (χ4v) is 2.16. The van der Waals surface area contributed by atoms with Crippen LogP contribution in [0.3, 0.4) is 0 Å². The third-order valence-electron chi connectivity index (χ3n) is 3.37. The molecule has 3 nitrogen and oxygen atoms in total. The summed E-state index contributed by atoms with van der Waals surface area (Å²) in [6.45, 7) is 0. The number of esters is 1. The number of ketones is 1. The lowest BCUT2D eigenvalue weighted by Crippen LogP contribution is -2.12. The van der Waals surface area contributed by atoms with Crippen molar-refractivity contribution in [3.63, 3.8) is 0 Å². The minimum absolute atomic E-state index is 0.173. The summed E-state index contributed by atoms with van der Waals surface area (Å²) in [7, 11) is 1.28. The lowest BCUT2D eigenvalue weighted by Gasteiger charge is -2.10. The first-order valence-electron chi connectivity index (χ1n) is 7.39. The lowest BCUT2D eigenvalue weighted by atomic mass is 9.93. The first-order chi connectivity index (χ1) is 11.2. The van der Waals surface area contributed by atoms with Crippen LogP contribution in [0.5, 0.6) is 0 Å². The van der Waals surface area contributed by atoms with Crippen molar-refractivity contribution < 1.29 is 14.3 Å². The molecule has 23 heavy (non-hydrogen) atoms. The summed E-state index contributed by atoms with van der Waals surface area (Å²) in [4.78, 5) is 23.3. The molecule has 3 heteroatoms. The van der Waals surface area contributed by atoms with Crippen molar-refractivity contribution >= 4 is 11.8 Å². The standard InChI is InChI=1S/C20H18O3/c1-23-20(22)15-19(21)14-18(17-10-6-3-7-11-17)13-12-16-8-4-2-5-9-16/h2-11,18H,14-15H2,1H3/t18-/m1/s1. The van der Waals surface area contributed by atoms with Gasteiger partial charge in [0.1, 0.15) is 12.2 Å². The Morgan fingerprint density at radius 2 is 1.61 bits per heavy atom. The average molecular weight is 306 g/mol. The quantitative estimate of drug-likeness (QED) is 0.483. The Balaban J connectivity index is 2.18. The van der Waals surface area contributed by atoms with Gasteiger partial charge in [0.15, 0.2) is 0 Å². The van der Waals surface area contributed by atoms with Gasteiger partial charge in [0.2, 0.25) is 0 Å². The zero-order valence-electron chi connectivity index (χ0n) is 13.0. The van der Waals surface area contributed by atoms with Gasteiger partial charge in [-0.15, -0.1) is 0 Å². The predicted octanol–water partition coefficient (Wildman–Crippen LogP) is 3.34. The van der Waals surface area contributed by atoms with E-state index in [0.29, 0.717) is 0 Å². The Kier molecular flexibility index (Phi) is 6.14. The normalized spacial score (nSPS) is 11.0. The van der Waals surface area contributed by atoms with Crippen molar-refractivity contribution in [1.29, 1.82) is 0 Å². The van der Waals surface area contributed by atoms with E-state index in [1.165, 1.54) is 7.11 Å². The molecule has 0 saturated carbocycles. The molecule has 0 heterocycles. The van der Waals surface area contributed by atoms with Crippen LogP contribution in [0, 0.1) is 11.8 Å². The maximum atomic E-state index is 12.0. The van der Waals surface area contributed by atoms with Crippen molar-refractivity contribution in [2.24, 2.45) is 0 Å². The van der Waals surface area contributed by atoms with E-state index in [1.807, 2.05) is 60.7 Å². The molecule has 0 aliphatic rings. The van der Waals surface area contributed by atoms with Crippen molar-refractivity contribution in [2.75, 3.05) is 7.11 Å². The molecule has 0 saturated heterocycles. The van der Waals surface area contributed by atoms with Gasteiger partial charge in [0, 0.05) is 12.0 Å². The SMILES string of the molecule is COC(=O)CC(=O)C[C@@H](C#Cc1ccccc1)c1ccccc1. The highest BCUT2D eigenvalue weighted by Gasteiger charge is 2.16. The molecule has 0 aromatic heterocycles. The molecular weight excluding hydrogens is 288 g/mol. The Bertz CT molecular complexity index is 709. The number of hydrogen-bond donors (Lipinski definition) is 0. The van der Waals surface area contributed by atoms with Crippen LogP contribution in [-0.4, -0.2) is 18.9 Å². The van der Waals surface area contributed by atoms with Gasteiger partial charge in [-0.1, -0.05) is 60.4 Å². The van der Waals surface area contributed by atoms with Crippen LogP contribution in [0.25, 0.3) is 0 Å². The smallest absolute Gasteiger partial charge is 0.313 e. The largest absolute Gasteiger partial charge is 0.469 e. The molecule has 0 spiro atoms. The van der Waals surface area contributed by atoms with E-state index in [9.17, 15) is 9.59 Å². The summed E-state index contributed by atoms with van der Waals surface area (Å²) in [5.74, 6) is 5.32. The molecule has 0 aliphatic heterocycles. The Morgan fingerprint density at radius 1 is 1.00 bits per heavy atom. The molecule has 0 aliphatic carbocycles. The van der Waals surface area contributed by atoms with Gasteiger partial charge >= 0.3 is 5.97 Å². The number of benzene rings is 2. The van der Waals surface area contributed by atoms with Crippen molar-refractivity contribution in [2.45, 2.75) is 18.8 Å². The summed E-state index contributed by atoms with van der Waals surface area (Å²) in [5, 5.41) is 0. The predicted molar refractivity (Wildman–Crippen MR) is 88.8 cm³/mol. The molecule has 1 atom stereocenters. The Morgan fingerprint density at radius 3 is 2.22 bits per heavy atom. The maximum Gasteiger partial charge on any atom is 0.313 e. The average Bonchev–Trinajstić information content (AvgIpc) is 2.60. The molecule has 0 amide bonds. The van der Waals surface area contributed by atoms with Gasteiger partial charge in [-0.2, -0.15) is 0 Å². The molecule has 116 valence electrons. The van der Waals surface area contributed by atoms with Gasteiger partial charge in [-0.3, -0.25) is 9.59 Å². The van der Waals surface area contributed by atoms with Gasteiger partial charge < -0.3 is 4.74 Å². The van der Waals surface area contributed by atoms with Crippen LogP contribution in [-0.2, 0) is 14.3 Å². The van der Waals surface area contributed by atoms with Crippen LogP contribution >= 0.6 is 0 Å². The maximum absolute atomic E-state index is 12.0. The van der Waals surface area contributed by atoms with E-state index in [4.69, 9.17) is 0 Å². The van der Waals surface area contributed by atoms with Crippen LogP contribution in [0.15, 0.2) is 60.7 Å². The van der Waals surface area contributed by atoms with Gasteiger partial charge in [0.05, 0.1) is 13.0 Å². The molecule has 2 rings (SSSR count). The molecule has 2 aromatic carbocycles. The van der Waals surface area contributed by atoms with Gasteiger partial charge in [-0.05, 0) is 17.7 Å². The molecule has 0 N–H and O–H groups in total. The van der Waals surface area contributed by atoms with Gasteiger partial charge in [-0.25, -0.2) is 0 Å². The number of Topliss-reactive ketones (excluding diaryl/α,β-unsaturated/α-hetero) is 1.